The van der Waals surface area contributed by atoms with E-state index in [1.807, 2.05) is 48.5 Å². The second kappa shape index (κ2) is 6.85. The minimum Gasteiger partial charge on any atom is -0.503 e. The number of nitrogens with zero attached hydrogens (tertiary/aromatic N) is 1. The third-order valence-electron chi connectivity index (χ3n) is 4.55. The Balaban J connectivity index is 1.89. The fraction of sp³-hybridized carbons (Fsp3) is 0.0952. The molecule has 0 radical (unpaired) electrons. The summed E-state index contributed by atoms with van der Waals surface area (Å²) in [4.78, 5) is 15.0. The molecule has 1 amide bonds. The molecule has 0 bridgehead atoms. The zero-order valence-corrected chi connectivity index (χ0v) is 15.3. The summed E-state index contributed by atoms with van der Waals surface area (Å²) >= 11 is 6.19. The number of phenols is 1. The Morgan fingerprint density at radius 2 is 1.78 bits per heavy atom. The summed E-state index contributed by atoms with van der Waals surface area (Å²) in [7, 11) is 1.46. The number of amides is 1. The number of carbonyl (C=O) groups is 1. The lowest BCUT2D eigenvalue weighted by Crippen LogP contribution is -2.43. The van der Waals surface area contributed by atoms with Crippen LogP contribution in [0.25, 0.3) is 0 Å². The molecule has 0 fully saturated rings. The van der Waals surface area contributed by atoms with Gasteiger partial charge in [-0.15, -0.1) is 0 Å². The van der Waals surface area contributed by atoms with E-state index in [9.17, 15) is 9.90 Å². The van der Waals surface area contributed by atoms with Crippen LogP contribution in [-0.4, -0.2) is 18.1 Å². The van der Waals surface area contributed by atoms with Crippen molar-refractivity contribution < 1.29 is 14.6 Å². The van der Waals surface area contributed by atoms with Gasteiger partial charge in [-0.2, -0.15) is 0 Å². The number of hydrogen-bond acceptors (Lipinski definition) is 4. The van der Waals surface area contributed by atoms with Crippen LogP contribution < -0.4 is 15.0 Å². The normalized spacial score (nSPS) is 15.9. The van der Waals surface area contributed by atoms with Gasteiger partial charge >= 0.3 is 0 Å². The Morgan fingerprint density at radius 1 is 1.07 bits per heavy atom. The van der Waals surface area contributed by atoms with Crippen molar-refractivity contribution in [3.8, 4) is 11.5 Å². The Labute approximate surface area is 161 Å². The van der Waals surface area contributed by atoms with Crippen LogP contribution >= 0.6 is 11.6 Å². The van der Waals surface area contributed by atoms with E-state index >= 15 is 0 Å². The van der Waals surface area contributed by atoms with Crippen molar-refractivity contribution in [2.75, 3.05) is 17.3 Å². The SMILES string of the molecule is COc1cc([C@@H]2Nc3ccccc3C(=O)N2c2ccccc2)cc(Cl)c1O. The highest BCUT2D eigenvalue weighted by atomic mass is 35.5. The summed E-state index contributed by atoms with van der Waals surface area (Å²) in [5.74, 6) is -0.000882. The van der Waals surface area contributed by atoms with E-state index in [-0.39, 0.29) is 22.4 Å². The Hall–Kier alpha value is -3.18. The lowest BCUT2D eigenvalue weighted by molar-refractivity contribution is 0.0975. The van der Waals surface area contributed by atoms with E-state index in [2.05, 4.69) is 5.32 Å². The highest BCUT2D eigenvalue weighted by molar-refractivity contribution is 6.32. The van der Waals surface area contributed by atoms with E-state index in [0.717, 1.165) is 11.4 Å². The van der Waals surface area contributed by atoms with Gasteiger partial charge in [-0.05, 0) is 36.4 Å². The number of para-hydroxylation sites is 2. The molecular formula is C21H17ClN2O3. The molecule has 2 N–H and O–H groups in total. The Morgan fingerprint density at radius 3 is 2.52 bits per heavy atom. The Kier molecular flexibility index (Phi) is 4.38. The zero-order chi connectivity index (χ0) is 19.0. The molecule has 0 aliphatic carbocycles. The van der Waals surface area contributed by atoms with Gasteiger partial charge in [0.2, 0.25) is 0 Å². The maximum Gasteiger partial charge on any atom is 0.262 e. The third-order valence-corrected chi connectivity index (χ3v) is 4.84. The van der Waals surface area contributed by atoms with Gasteiger partial charge in [0, 0.05) is 16.9 Å². The molecular weight excluding hydrogens is 364 g/mol. The van der Waals surface area contributed by atoms with Crippen molar-refractivity contribution >= 4 is 28.9 Å². The number of phenolic OH excluding ortho intramolecular Hbond substituents is 1. The van der Waals surface area contributed by atoms with Crippen molar-refractivity contribution in [3.05, 3.63) is 82.9 Å². The third kappa shape index (κ3) is 2.96. The lowest BCUT2D eigenvalue weighted by Gasteiger charge is -2.38. The highest BCUT2D eigenvalue weighted by Crippen LogP contribution is 2.41. The van der Waals surface area contributed by atoms with Gasteiger partial charge < -0.3 is 15.2 Å². The van der Waals surface area contributed by atoms with Gasteiger partial charge in [0.1, 0.15) is 6.17 Å². The molecule has 1 aliphatic heterocycles. The summed E-state index contributed by atoms with van der Waals surface area (Å²) in [6.07, 6.45) is -0.512. The van der Waals surface area contributed by atoms with Gasteiger partial charge in [-0.3, -0.25) is 9.69 Å². The van der Waals surface area contributed by atoms with Crippen molar-refractivity contribution in [2.45, 2.75) is 6.17 Å². The van der Waals surface area contributed by atoms with Crippen molar-refractivity contribution in [1.82, 2.24) is 0 Å². The van der Waals surface area contributed by atoms with Gasteiger partial charge in [0.05, 0.1) is 17.7 Å². The van der Waals surface area contributed by atoms with Crippen LogP contribution in [0.5, 0.6) is 11.5 Å². The summed E-state index contributed by atoms with van der Waals surface area (Å²) in [6.45, 7) is 0. The number of hydrogen-bond donors (Lipinski definition) is 2. The minimum atomic E-state index is -0.512. The zero-order valence-electron chi connectivity index (χ0n) is 14.5. The number of fused-ring (bicyclic) bond motifs is 1. The summed E-state index contributed by atoms with van der Waals surface area (Å²) in [5.41, 5.74) is 2.77. The first-order valence-corrected chi connectivity index (χ1v) is 8.78. The van der Waals surface area contributed by atoms with Crippen LogP contribution in [0.2, 0.25) is 5.02 Å². The second-order valence-corrected chi connectivity index (χ2v) is 6.56. The average Bonchev–Trinajstić information content (AvgIpc) is 2.70. The summed E-state index contributed by atoms with van der Waals surface area (Å²) < 4.78 is 5.23. The standard InChI is InChI=1S/C21H17ClN2O3/c1-27-18-12-13(11-16(22)19(18)25)20-23-17-10-6-5-9-15(17)21(26)24(20)14-7-3-2-4-8-14/h2-12,20,23,25H,1H3/t20-/m1/s1. The monoisotopic (exact) mass is 380 g/mol. The van der Waals surface area contributed by atoms with Gasteiger partial charge in [-0.1, -0.05) is 41.9 Å². The van der Waals surface area contributed by atoms with Crippen molar-refractivity contribution in [1.29, 1.82) is 0 Å². The Bertz CT molecular complexity index is 1010. The molecule has 0 saturated carbocycles. The van der Waals surface area contributed by atoms with Gasteiger partial charge in [-0.25, -0.2) is 0 Å². The fourth-order valence-corrected chi connectivity index (χ4v) is 3.47. The molecule has 1 heterocycles. The number of ether oxygens (including phenoxy) is 1. The predicted molar refractivity (Wildman–Crippen MR) is 106 cm³/mol. The second-order valence-electron chi connectivity index (χ2n) is 6.16. The molecule has 5 nitrogen and oxygen atoms in total. The lowest BCUT2D eigenvalue weighted by atomic mass is 10.0. The molecule has 3 aromatic rings. The molecule has 0 unspecified atom stereocenters. The van der Waals surface area contributed by atoms with Crippen LogP contribution in [0.1, 0.15) is 22.1 Å². The van der Waals surface area contributed by atoms with E-state index in [1.165, 1.54) is 7.11 Å². The maximum atomic E-state index is 13.3. The number of aromatic hydroxyl groups is 1. The molecule has 4 rings (SSSR count). The molecule has 1 aliphatic rings. The summed E-state index contributed by atoms with van der Waals surface area (Å²) in [6, 6.07) is 20.1. The first kappa shape index (κ1) is 17.2. The molecule has 0 aromatic heterocycles. The molecule has 0 spiro atoms. The molecule has 136 valence electrons. The number of benzene rings is 3. The van der Waals surface area contributed by atoms with Gasteiger partial charge in [0.15, 0.2) is 11.5 Å². The molecule has 0 saturated heterocycles. The number of methoxy groups -OCH3 is 1. The molecule has 1 atom stereocenters. The van der Waals surface area contributed by atoms with Gasteiger partial charge in [0.25, 0.3) is 5.91 Å². The van der Waals surface area contributed by atoms with E-state index in [0.29, 0.717) is 11.1 Å². The van der Waals surface area contributed by atoms with Crippen LogP contribution in [-0.2, 0) is 0 Å². The topological polar surface area (TPSA) is 61.8 Å². The van der Waals surface area contributed by atoms with Crippen LogP contribution in [0.4, 0.5) is 11.4 Å². The summed E-state index contributed by atoms with van der Waals surface area (Å²) in [5, 5.41) is 13.6. The number of anilines is 2. The maximum absolute atomic E-state index is 13.3. The first-order valence-electron chi connectivity index (χ1n) is 8.40. The number of halogens is 1. The number of nitrogens with one attached hydrogen (secondary N) is 1. The molecule has 3 aromatic carbocycles. The highest BCUT2D eigenvalue weighted by Gasteiger charge is 2.34. The minimum absolute atomic E-state index is 0.122. The molecule has 27 heavy (non-hydrogen) atoms. The van der Waals surface area contributed by atoms with E-state index in [1.54, 1.807) is 23.1 Å². The van der Waals surface area contributed by atoms with Crippen LogP contribution in [0.15, 0.2) is 66.7 Å². The average molecular weight is 381 g/mol. The fourth-order valence-electron chi connectivity index (χ4n) is 3.25. The number of carbonyl (C=O) groups excluding carboxylic acids is 1. The van der Waals surface area contributed by atoms with Crippen LogP contribution in [0, 0.1) is 0 Å². The first-order chi connectivity index (χ1) is 13.1. The smallest absolute Gasteiger partial charge is 0.262 e. The van der Waals surface area contributed by atoms with Crippen molar-refractivity contribution in [2.24, 2.45) is 0 Å². The number of rotatable bonds is 3. The molecule has 6 heteroatoms. The van der Waals surface area contributed by atoms with Crippen molar-refractivity contribution in [3.63, 3.8) is 0 Å². The van der Waals surface area contributed by atoms with Crippen LogP contribution in [0.3, 0.4) is 0 Å². The van der Waals surface area contributed by atoms with E-state index in [4.69, 9.17) is 16.3 Å². The predicted octanol–water partition coefficient (Wildman–Crippen LogP) is 4.83. The quantitative estimate of drug-likeness (QED) is 0.683. The van der Waals surface area contributed by atoms with E-state index < -0.39 is 6.17 Å². The largest absolute Gasteiger partial charge is 0.503 e.